The summed E-state index contributed by atoms with van der Waals surface area (Å²) in [6.07, 6.45) is 2.28. The number of nitrogens with zero attached hydrogens (tertiary/aromatic N) is 1. The topological polar surface area (TPSA) is 44.4 Å². The number of urea groups is 1. The molecule has 2 rings (SSSR count). The summed E-state index contributed by atoms with van der Waals surface area (Å²) in [5.74, 6) is 0. The van der Waals surface area contributed by atoms with E-state index >= 15 is 0 Å². The number of hydrogen-bond donors (Lipinski definition) is 2. The molecule has 4 nitrogen and oxygen atoms in total. The lowest BCUT2D eigenvalue weighted by atomic mass is 10.1. The van der Waals surface area contributed by atoms with Crippen molar-refractivity contribution in [1.29, 1.82) is 0 Å². The Morgan fingerprint density at radius 2 is 2.08 bits per heavy atom. The Bertz CT molecular complexity index is 204. The maximum Gasteiger partial charge on any atom is 0.315 e. The quantitative estimate of drug-likeness (QED) is 0.569. The van der Waals surface area contributed by atoms with Crippen LogP contribution in [0.4, 0.5) is 4.79 Å². The highest BCUT2D eigenvalue weighted by molar-refractivity contribution is 5.77. The molecule has 0 bridgehead atoms. The molecule has 1 aliphatic carbocycles. The number of hydrogen-bond acceptors (Lipinski definition) is 2. The van der Waals surface area contributed by atoms with Gasteiger partial charge in [0.25, 0.3) is 0 Å². The van der Waals surface area contributed by atoms with Gasteiger partial charge in [-0.15, -0.1) is 0 Å². The van der Waals surface area contributed by atoms with Gasteiger partial charge in [0.1, 0.15) is 0 Å². The van der Waals surface area contributed by atoms with Crippen molar-refractivity contribution in [2.45, 2.75) is 31.0 Å². The third-order valence-corrected chi connectivity index (χ3v) is 2.90. The van der Waals surface area contributed by atoms with Gasteiger partial charge in [0.15, 0.2) is 0 Å². The third kappa shape index (κ3) is 1.06. The Morgan fingerprint density at radius 3 is 2.75 bits per heavy atom. The number of carbonyl (C=O) groups is 1. The van der Waals surface area contributed by atoms with Gasteiger partial charge in [0.2, 0.25) is 0 Å². The molecule has 4 heteroatoms. The fourth-order valence-electron chi connectivity index (χ4n) is 2.28. The van der Waals surface area contributed by atoms with Gasteiger partial charge >= 0.3 is 6.03 Å². The first-order chi connectivity index (χ1) is 5.68. The minimum Gasteiger partial charge on any atom is -0.333 e. The van der Waals surface area contributed by atoms with Crippen molar-refractivity contribution in [3.63, 3.8) is 0 Å². The SMILES string of the molecule is CN(C)C1CCC2NC(=O)NC21. The Balaban J connectivity index is 2.08. The zero-order valence-corrected chi connectivity index (χ0v) is 7.50. The van der Waals surface area contributed by atoms with Crippen LogP contribution in [0.25, 0.3) is 0 Å². The molecule has 2 aliphatic rings. The van der Waals surface area contributed by atoms with E-state index in [4.69, 9.17) is 0 Å². The summed E-state index contributed by atoms with van der Waals surface area (Å²) in [5, 5.41) is 5.88. The van der Waals surface area contributed by atoms with Crippen LogP contribution in [-0.2, 0) is 0 Å². The molecule has 68 valence electrons. The molecule has 0 spiro atoms. The van der Waals surface area contributed by atoms with E-state index in [0.717, 1.165) is 6.42 Å². The number of likely N-dealkylation sites (N-methyl/N-ethyl adjacent to an activating group) is 1. The van der Waals surface area contributed by atoms with Crippen molar-refractivity contribution in [2.75, 3.05) is 14.1 Å². The van der Waals surface area contributed by atoms with Gasteiger partial charge in [-0.25, -0.2) is 4.79 Å². The van der Waals surface area contributed by atoms with Crippen molar-refractivity contribution in [3.05, 3.63) is 0 Å². The standard InChI is InChI=1S/C8H15N3O/c1-11(2)6-4-3-5-7(6)10-8(12)9-5/h5-7H,3-4H2,1-2H3,(H2,9,10,12). The van der Waals surface area contributed by atoms with E-state index in [1.165, 1.54) is 6.42 Å². The summed E-state index contributed by atoms with van der Waals surface area (Å²) in [7, 11) is 4.13. The molecule has 2 N–H and O–H groups in total. The molecule has 12 heavy (non-hydrogen) atoms. The van der Waals surface area contributed by atoms with E-state index in [9.17, 15) is 4.79 Å². The van der Waals surface area contributed by atoms with Crippen LogP contribution < -0.4 is 10.6 Å². The van der Waals surface area contributed by atoms with Gasteiger partial charge in [-0.1, -0.05) is 0 Å². The fraction of sp³-hybridized carbons (Fsp3) is 0.875. The maximum atomic E-state index is 11.0. The lowest BCUT2D eigenvalue weighted by Crippen LogP contribution is -2.44. The van der Waals surface area contributed by atoms with Crippen molar-refractivity contribution in [2.24, 2.45) is 0 Å². The molecule has 1 heterocycles. The van der Waals surface area contributed by atoms with Crippen molar-refractivity contribution in [1.82, 2.24) is 15.5 Å². The molecule has 0 aromatic carbocycles. The predicted molar refractivity (Wildman–Crippen MR) is 46.0 cm³/mol. The van der Waals surface area contributed by atoms with Crippen molar-refractivity contribution >= 4 is 6.03 Å². The Morgan fingerprint density at radius 1 is 1.33 bits per heavy atom. The molecular weight excluding hydrogens is 154 g/mol. The smallest absolute Gasteiger partial charge is 0.315 e. The van der Waals surface area contributed by atoms with Crippen LogP contribution in [0.5, 0.6) is 0 Å². The molecule has 0 radical (unpaired) electrons. The Kier molecular flexibility index (Phi) is 1.72. The average molecular weight is 169 g/mol. The molecule has 1 saturated heterocycles. The maximum absolute atomic E-state index is 11.0. The summed E-state index contributed by atoms with van der Waals surface area (Å²) in [5.41, 5.74) is 0. The van der Waals surface area contributed by atoms with Crippen LogP contribution in [0.2, 0.25) is 0 Å². The summed E-state index contributed by atoms with van der Waals surface area (Å²) < 4.78 is 0. The van der Waals surface area contributed by atoms with Gasteiger partial charge in [0, 0.05) is 6.04 Å². The number of nitrogens with one attached hydrogen (secondary N) is 2. The molecule has 3 atom stereocenters. The lowest BCUT2D eigenvalue weighted by molar-refractivity contribution is 0.236. The number of fused-ring (bicyclic) bond motifs is 1. The second-order valence-corrected chi connectivity index (χ2v) is 3.86. The molecule has 0 aromatic rings. The third-order valence-electron chi connectivity index (χ3n) is 2.90. The summed E-state index contributed by atoms with van der Waals surface area (Å²) >= 11 is 0. The molecule has 2 amide bonds. The van der Waals surface area contributed by atoms with E-state index in [0.29, 0.717) is 18.1 Å². The van der Waals surface area contributed by atoms with Gasteiger partial charge in [0.05, 0.1) is 12.1 Å². The second-order valence-electron chi connectivity index (χ2n) is 3.86. The van der Waals surface area contributed by atoms with Gasteiger partial charge in [-0.2, -0.15) is 0 Å². The second kappa shape index (κ2) is 2.62. The van der Waals surface area contributed by atoms with Crippen LogP contribution in [0.3, 0.4) is 0 Å². The van der Waals surface area contributed by atoms with Crippen LogP contribution in [0, 0.1) is 0 Å². The monoisotopic (exact) mass is 169 g/mol. The predicted octanol–water partition coefficient (Wildman–Crippen LogP) is -0.240. The van der Waals surface area contributed by atoms with Crippen LogP contribution in [-0.4, -0.2) is 43.2 Å². The Hall–Kier alpha value is -0.770. The van der Waals surface area contributed by atoms with Gasteiger partial charge in [-0.3, -0.25) is 0 Å². The van der Waals surface area contributed by atoms with Gasteiger partial charge in [-0.05, 0) is 26.9 Å². The molecule has 3 unspecified atom stereocenters. The van der Waals surface area contributed by atoms with E-state index in [1.807, 2.05) is 0 Å². The zero-order chi connectivity index (χ0) is 8.72. The zero-order valence-electron chi connectivity index (χ0n) is 7.50. The van der Waals surface area contributed by atoms with Crippen LogP contribution >= 0.6 is 0 Å². The van der Waals surface area contributed by atoms with Crippen LogP contribution in [0.1, 0.15) is 12.8 Å². The molecular formula is C8H15N3O. The first kappa shape index (κ1) is 7.86. The van der Waals surface area contributed by atoms with Crippen molar-refractivity contribution < 1.29 is 4.79 Å². The largest absolute Gasteiger partial charge is 0.333 e. The fourth-order valence-corrected chi connectivity index (χ4v) is 2.28. The molecule has 1 aliphatic heterocycles. The number of amides is 2. The van der Waals surface area contributed by atoms with E-state index in [2.05, 4.69) is 29.6 Å². The summed E-state index contributed by atoms with van der Waals surface area (Å²) in [6, 6.07) is 1.20. The highest BCUT2D eigenvalue weighted by atomic mass is 16.2. The minimum absolute atomic E-state index is 0.00319. The minimum atomic E-state index is -0.00319. The van der Waals surface area contributed by atoms with Crippen LogP contribution in [0.15, 0.2) is 0 Å². The lowest BCUT2D eigenvalue weighted by Gasteiger charge is -2.24. The molecule has 2 fully saturated rings. The van der Waals surface area contributed by atoms with Crippen molar-refractivity contribution in [3.8, 4) is 0 Å². The number of carbonyl (C=O) groups excluding carboxylic acids is 1. The Labute approximate surface area is 72.3 Å². The first-order valence-electron chi connectivity index (χ1n) is 4.42. The normalized spacial score (nSPS) is 39.6. The highest BCUT2D eigenvalue weighted by Gasteiger charge is 2.43. The first-order valence-corrected chi connectivity index (χ1v) is 4.42. The van der Waals surface area contributed by atoms with E-state index in [1.54, 1.807) is 0 Å². The molecule has 0 aromatic heterocycles. The summed E-state index contributed by atoms with van der Waals surface area (Å²) in [6.45, 7) is 0. The average Bonchev–Trinajstić information content (AvgIpc) is 2.43. The highest BCUT2D eigenvalue weighted by Crippen LogP contribution is 2.25. The van der Waals surface area contributed by atoms with Gasteiger partial charge < -0.3 is 15.5 Å². The molecule has 1 saturated carbocycles. The summed E-state index contributed by atoms with van der Waals surface area (Å²) in [4.78, 5) is 13.2. The van der Waals surface area contributed by atoms with E-state index < -0.39 is 0 Å². The van der Waals surface area contributed by atoms with E-state index in [-0.39, 0.29) is 6.03 Å². The number of rotatable bonds is 1.